The first-order valence-corrected chi connectivity index (χ1v) is 5.61. The molecule has 0 radical (unpaired) electrons. The summed E-state index contributed by atoms with van der Waals surface area (Å²) in [6, 6.07) is 8.79. The van der Waals surface area contributed by atoms with Gasteiger partial charge in [-0.25, -0.2) is 0 Å². The van der Waals surface area contributed by atoms with Crippen molar-refractivity contribution in [3.8, 4) is 0 Å². The fourth-order valence-corrected chi connectivity index (χ4v) is 2.08. The van der Waals surface area contributed by atoms with Crippen molar-refractivity contribution in [3.63, 3.8) is 0 Å². The van der Waals surface area contributed by atoms with E-state index in [0.29, 0.717) is 5.56 Å². The summed E-state index contributed by atoms with van der Waals surface area (Å²) in [4.78, 5) is 22.9. The average molecular weight is 266 g/mol. The second-order valence-corrected chi connectivity index (χ2v) is 4.05. The van der Waals surface area contributed by atoms with Gasteiger partial charge in [0.2, 0.25) is 0 Å². The normalized spacial score (nSPS) is 10.1. The van der Waals surface area contributed by atoms with E-state index < -0.39 is 17.2 Å². The van der Waals surface area contributed by atoms with Crippen LogP contribution in [-0.2, 0) is 15.0 Å². The van der Waals surface area contributed by atoms with Crippen molar-refractivity contribution in [2.45, 2.75) is 18.3 Å². The maximum atomic E-state index is 12.0. The van der Waals surface area contributed by atoms with Gasteiger partial charge in [-0.15, -0.1) is 13.2 Å². The van der Waals surface area contributed by atoms with Crippen molar-refractivity contribution < 1.29 is 44.3 Å². The minimum atomic E-state index is -1.68. The van der Waals surface area contributed by atoms with Crippen molar-refractivity contribution >= 4 is 11.8 Å². The molecule has 3 nitrogen and oxygen atoms in total. The van der Waals surface area contributed by atoms with Crippen LogP contribution in [-0.4, -0.2) is 11.8 Å². The smallest absolute Gasteiger partial charge is 0.542 e. The summed E-state index contributed by atoms with van der Waals surface area (Å²) >= 11 is 0. The monoisotopic (exact) mass is 266 g/mol. The average Bonchev–Trinajstić information content (AvgIpc) is 2.38. The molecule has 94 valence electrons. The van der Waals surface area contributed by atoms with Crippen LogP contribution in [0.4, 0.5) is 0 Å². The molecule has 0 N–H and O–H groups in total. The van der Waals surface area contributed by atoms with Crippen LogP contribution in [0.25, 0.3) is 0 Å². The van der Waals surface area contributed by atoms with Gasteiger partial charge < -0.3 is 9.90 Å². The Morgan fingerprint density at radius 1 is 1.11 bits per heavy atom. The number of allylic oxidation sites excluding steroid dienone is 2. The van der Waals surface area contributed by atoms with Gasteiger partial charge in [0, 0.05) is 0 Å². The van der Waals surface area contributed by atoms with Crippen LogP contribution in [0.5, 0.6) is 0 Å². The van der Waals surface area contributed by atoms with Gasteiger partial charge in [0.05, 0.1) is 5.41 Å². The number of carboxylic acids is 1. The third-order valence-electron chi connectivity index (χ3n) is 2.93. The van der Waals surface area contributed by atoms with Crippen LogP contribution in [0, 0.1) is 0 Å². The Kier molecular flexibility index (Phi) is 7.61. The molecule has 1 aromatic carbocycles. The number of aliphatic carboxylic acids is 1. The molecule has 0 unspecified atom stereocenters. The van der Waals surface area contributed by atoms with E-state index in [9.17, 15) is 14.7 Å². The summed E-state index contributed by atoms with van der Waals surface area (Å²) < 4.78 is 0. The fraction of sp³-hybridized carbons (Fsp3) is 0.200. The molecule has 0 saturated carbocycles. The van der Waals surface area contributed by atoms with Gasteiger partial charge in [0.15, 0.2) is 5.78 Å². The summed E-state index contributed by atoms with van der Waals surface area (Å²) in [5.41, 5.74) is -0.525. The minimum Gasteiger partial charge on any atom is -0.542 e. The summed E-state index contributed by atoms with van der Waals surface area (Å²) in [5, 5.41) is 10.9. The standard InChI is InChI=1S/C15H16O3.Na/c1-3-10-15(11-4-2,13(16)14(17)18)12-8-6-5-7-9-12;/h3-9H,1-2,10-11H2,(H,17,18);/q;+1/p-1. The van der Waals surface area contributed by atoms with Gasteiger partial charge in [0.1, 0.15) is 5.97 Å². The minimum absolute atomic E-state index is 0. The van der Waals surface area contributed by atoms with Gasteiger partial charge in [-0.1, -0.05) is 42.5 Å². The summed E-state index contributed by atoms with van der Waals surface area (Å²) in [6.07, 6.45) is 3.54. The first-order chi connectivity index (χ1) is 8.58. The molecule has 0 aliphatic carbocycles. The van der Waals surface area contributed by atoms with Crippen LogP contribution in [0.1, 0.15) is 18.4 Å². The van der Waals surface area contributed by atoms with Crippen LogP contribution < -0.4 is 34.7 Å². The van der Waals surface area contributed by atoms with Gasteiger partial charge in [0.25, 0.3) is 0 Å². The molecule has 0 heterocycles. The Balaban J connectivity index is 0.00000324. The van der Waals surface area contributed by atoms with E-state index in [1.54, 1.807) is 30.3 Å². The molecule has 0 aliphatic heterocycles. The molecule has 1 rings (SSSR count). The molecule has 19 heavy (non-hydrogen) atoms. The number of benzene rings is 1. The van der Waals surface area contributed by atoms with E-state index in [1.165, 1.54) is 12.2 Å². The SMILES string of the molecule is C=CCC(CC=C)(C(=O)C(=O)[O-])c1ccccc1.[Na+]. The van der Waals surface area contributed by atoms with Gasteiger partial charge in [-0.2, -0.15) is 0 Å². The molecule has 0 spiro atoms. The molecular weight excluding hydrogens is 251 g/mol. The fourth-order valence-electron chi connectivity index (χ4n) is 2.08. The zero-order chi connectivity index (χ0) is 13.6. The van der Waals surface area contributed by atoms with Gasteiger partial charge >= 0.3 is 29.6 Å². The molecule has 0 saturated heterocycles. The number of hydrogen-bond acceptors (Lipinski definition) is 3. The quantitative estimate of drug-likeness (QED) is 0.339. The molecule has 1 aromatic rings. The predicted molar refractivity (Wildman–Crippen MR) is 67.8 cm³/mol. The van der Waals surface area contributed by atoms with Crippen LogP contribution >= 0.6 is 0 Å². The van der Waals surface area contributed by atoms with E-state index >= 15 is 0 Å². The Hall–Kier alpha value is -1.16. The maximum absolute atomic E-state index is 12.0. The molecule has 0 aliphatic rings. The van der Waals surface area contributed by atoms with Crippen LogP contribution in [0.2, 0.25) is 0 Å². The predicted octanol–water partition coefficient (Wildman–Crippen LogP) is -1.60. The number of rotatable bonds is 7. The van der Waals surface area contributed by atoms with Crippen molar-refractivity contribution in [1.82, 2.24) is 0 Å². The van der Waals surface area contributed by atoms with Gasteiger partial charge in [-0.3, -0.25) is 4.79 Å². The number of ketones is 1. The Morgan fingerprint density at radius 3 is 1.95 bits per heavy atom. The second-order valence-electron chi connectivity index (χ2n) is 4.05. The van der Waals surface area contributed by atoms with Crippen molar-refractivity contribution in [3.05, 3.63) is 61.2 Å². The van der Waals surface area contributed by atoms with Crippen molar-refractivity contribution in [2.75, 3.05) is 0 Å². The molecule has 0 aromatic heterocycles. The summed E-state index contributed by atoms with van der Waals surface area (Å²) in [7, 11) is 0. The number of hydrogen-bond donors (Lipinski definition) is 0. The number of Topliss-reactive ketones (excluding diaryl/α,β-unsaturated/α-hetero) is 1. The number of carbonyl (C=O) groups excluding carboxylic acids is 2. The van der Waals surface area contributed by atoms with Crippen molar-refractivity contribution in [1.29, 1.82) is 0 Å². The Labute approximate surface area is 135 Å². The van der Waals surface area contributed by atoms with E-state index in [4.69, 9.17) is 0 Å². The summed E-state index contributed by atoms with van der Waals surface area (Å²) in [6.45, 7) is 7.19. The van der Waals surface area contributed by atoms with E-state index in [1.807, 2.05) is 0 Å². The largest absolute Gasteiger partial charge is 1.00 e. The second kappa shape index (κ2) is 8.10. The molecule has 0 bridgehead atoms. The van der Waals surface area contributed by atoms with Crippen LogP contribution in [0.15, 0.2) is 55.6 Å². The van der Waals surface area contributed by atoms with E-state index in [0.717, 1.165) is 0 Å². The first kappa shape index (κ1) is 17.8. The maximum Gasteiger partial charge on any atom is 1.00 e. The van der Waals surface area contributed by atoms with Gasteiger partial charge in [-0.05, 0) is 18.4 Å². The van der Waals surface area contributed by atoms with E-state index in [2.05, 4.69) is 13.2 Å². The summed E-state index contributed by atoms with van der Waals surface area (Å²) in [5.74, 6) is -2.61. The molecular formula is C15H15NaO3. The zero-order valence-electron chi connectivity index (χ0n) is 11.1. The number of carbonyl (C=O) groups is 2. The Bertz CT molecular complexity index is 456. The molecule has 0 amide bonds. The third-order valence-corrected chi connectivity index (χ3v) is 2.93. The first-order valence-electron chi connectivity index (χ1n) is 5.61. The Morgan fingerprint density at radius 2 is 1.58 bits per heavy atom. The topological polar surface area (TPSA) is 57.2 Å². The van der Waals surface area contributed by atoms with E-state index in [-0.39, 0.29) is 42.4 Å². The van der Waals surface area contributed by atoms with Crippen LogP contribution in [0.3, 0.4) is 0 Å². The third kappa shape index (κ3) is 3.90. The zero-order valence-corrected chi connectivity index (χ0v) is 13.1. The molecule has 4 heteroatoms. The van der Waals surface area contributed by atoms with Crippen molar-refractivity contribution in [2.24, 2.45) is 0 Å². The molecule has 0 atom stereocenters. The molecule has 0 fully saturated rings. The number of carboxylic acid groups (broad SMARTS) is 1.